The van der Waals surface area contributed by atoms with Gasteiger partial charge in [-0.05, 0) is 55.9 Å². The number of likely N-dealkylation sites (tertiary alicyclic amines) is 1. The van der Waals surface area contributed by atoms with Crippen molar-refractivity contribution in [2.75, 3.05) is 19.7 Å². The Kier molecular flexibility index (Phi) is 5.40. The number of carbonyl (C=O) groups excluding carboxylic acids is 1. The lowest BCUT2D eigenvalue weighted by Crippen LogP contribution is -2.45. The minimum Gasteiger partial charge on any atom is -0.396 e. The molecule has 1 aliphatic heterocycles. The van der Waals surface area contributed by atoms with Crippen molar-refractivity contribution in [3.63, 3.8) is 0 Å². The van der Waals surface area contributed by atoms with Gasteiger partial charge in [-0.25, -0.2) is 4.79 Å². The van der Waals surface area contributed by atoms with Crippen molar-refractivity contribution in [1.29, 1.82) is 0 Å². The van der Waals surface area contributed by atoms with Gasteiger partial charge in [-0.2, -0.15) is 13.2 Å². The van der Waals surface area contributed by atoms with Crippen molar-refractivity contribution in [2.24, 2.45) is 0 Å². The van der Waals surface area contributed by atoms with Gasteiger partial charge in [0.2, 0.25) is 0 Å². The number of hydrogen-bond donors (Lipinski definition) is 2. The fourth-order valence-electron chi connectivity index (χ4n) is 3.70. The maximum Gasteiger partial charge on any atom is 0.416 e. The average molecular weight is 391 g/mol. The van der Waals surface area contributed by atoms with Crippen molar-refractivity contribution in [1.82, 2.24) is 10.2 Å². The minimum absolute atomic E-state index is 0.0206. The van der Waals surface area contributed by atoms with E-state index in [2.05, 4.69) is 5.32 Å². The normalized spacial score (nSPS) is 21.7. The number of nitrogens with one attached hydrogen (secondary N) is 1. The molecule has 2 N–H and O–H groups in total. The van der Waals surface area contributed by atoms with Gasteiger partial charge in [-0.3, -0.25) is 0 Å². The van der Waals surface area contributed by atoms with Crippen LogP contribution in [-0.4, -0.2) is 41.8 Å². The highest BCUT2D eigenvalue weighted by Crippen LogP contribution is 2.51. The summed E-state index contributed by atoms with van der Waals surface area (Å²) in [5.74, 6) is 0. The Labute approximate surface area is 155 Å². The van der Waals surface area contributed by atoms with Crippen molar-refractivity contribution in [3.8, 4) is 0 Å². The fraction of sp³-hybridized carbons (Fsp3) is 0.611. The summed E-state index contributed by atoms with van der Waals surface area (Å²) in [7, 11) is 0. The first-order chi connectivity index (χ1) is 12.3. The number of carbonyl (C=O) groups is 1. The number of halogens is 4. The molecule has 1 saturated heterocycles. The van der Waals surface area contributed by atoms with Gasteiger partial charge in [-0.15, -0.1) is 0 Å². The van der Waals surface area contributed by atoms with Crippen LogP contribution < -0.4 is 5.32 Å². The van der Waals surface area contributed by atoms with Crippen molar-refractivity contribution < 1.29 is 23.1 Å². The number of aliphatic hydroxyl groups is 1. The van der Waals surface area contributed by atoms with Gasteiger partial charge < -0.3 is 15.3 Å². The molecule has 2 aliphatic rings. The van der Waals surface area contributed by atoms with Crippen molar-refractivity contribution in [2.45, 2.75) is 49.7 Å². The Bertz CT molecular complexity index is 677. The third-order valence-electron chi connectivity index (χ3n) is 5.40. The van der Waals surface area contributed by atoms with E-state index in [1.54, 1.807) is 4.90 Å². The zero-order valence-corrected chi connectivity index (χ0v) is 15.0. The second-order valence-electron chi connectivity index (χ2n) is 7.13. The molecule has 1 aliphatic carbocycles. The molecule has 1 aromatic carbocycles. The SMILES string of the molecule is O=C(NCC1(c2cc(C(F)(F)F)ccc2Cl)CC1)N1CCCC1CCO. The third-order valence-corrected chi connectivity index (χ3v) is 5.73. The summed E-state index contributed by atoms with van der Waals surface area (Å²) >= 11 is 6.16. The standard InChI is InChI=1S/C18H22ClF3N2O2/c19-15-4-3-12(18(20,21)22)10-14(15)17(6-7-17)11-23-16(26)24-8-1-2-13(24)5-9-25/h3-4,10,13,25H,1-2,5-9,11H2,(H,23,26). The summed E-state index contributed by atoms with van der Waals surface area (Å²) in [5.41, 5.74) is -0.806. The molecule has 1 atom stereocenters. The third kappa shape index (κ3) is 3.93. The summed E-state index contributed by atoms with van der Waals surface area (Å²) in [5, 5.41) is 12.3. The van der Waals surface area contributed by atoms with Crippen LogP contribution in [0.5, 0.6) is 0 Å². The topological polar surface area (TPSA) is 52.6 Å². The van der Waals surface area contributed by atoms with E-state index in [-0.39, 0.29) is 25.2 Å². The second kappa shape index (κ2) is 7.27. The summed E-state index contributed by atoms with van der Waals surface area (Å²) < 4.78 is 39.0. The van der Waals surface area contributed by atoms with Crippen LogP contribution in [0.25, 0.3) is 0 Å². The van der Waals surface area contributed by atoms with Gasteiger partial charge in [-0.1, -0.05) is 11.6 Å². The highest BCUT2D eigenvalue weighted by molar-refractivity contribution is 6.31. The van der Waals surface area contributed by atoms with Crippen LogP contribution in [0.4, 0.5) is 18.0 Å². The van der Waals surface area contributed by atoms with Crippen LogP contribution in [-0.2, 0) is 11.6 Å². The number of amides is 2. The first kappa shape index (κ1) is 19.3. The highest BCUT2D eigenvalue weighted by atomic mass is 35.5. The summed E-state index contributed by atoms with van der Waals surface area (Å²) in [4.78, 5) is 14.2. The average Bonchev–Trinajstić information content (AvgIpc) is 3.22. The van der Waals surface area contributed by atoms with Crippen LogP contribution >= 0.6 is 11.6 Å². The van der Waals surface area contributed by atoms with Crippen LogP contribution in [0.15, 0.2) is 18.2 Å². The molecule has 26 heavy (non-hydrogen) atoms. The smallest absolute Gasteiger partial charge is 0.396 e. The fourth-order valence-corrected chi connectivity index (χ4v) is 4.02. The molecule has 0 aromatic heterocycles. The van der Waals surface area contributed by atoms with E-state index in [1.165, 1.54) is 6.07 Å². The maximum atomic E-state index is 13.0. The van der Waals surface area contributed by atoms with E-state index in [9.17, 15) is 18.0 Å². The summed E-state index contributed by atoms with van der Waals surface area (Å²) in [6.45, 7) is 0.918. The molecule has 2 amide bonds. The van der Waals surface area contributed by atoms with Gasteiger partial charge in [0.25, 0.3) is 0 Å². The molecule has 144 valence electrons. The molecule has 1 unspecified atom stereocenters. The van der Waals surface area contributed by atoms with E-state index in [4.69, 9.17) is 16.7 Å². The van der Waals surface area contributed by atoms with E-state index in [0.29, 0.717) is 36.4 Å². The number of hydrogen-bond acceptors (Lipinski definition) is 2. The molecule has 0 bridgehead atoms. The first-order valence-corrected chi connectivity index (χ1v) is 9.17. The predicted octanol–water partition coefficient (Wildman–Crippen LogP) is 3.95. The lowest BCUT2D eigenvalue weighted by molar-refractivity contribution is -0.137. The molecular weight excluding hydrogens is 369 g/mol. The molecule has 0 radical (unpaired) electrons. The maximum absolute atomic E-state index is 13.0. The van der Waals surface area contributed by atoms with Crippen LogP contribution in [0.1, 0.15) is 43.2 Å². The molecular formula is C18H22ClF3N2O2. The van der Waals surface area contributed by atoms with Gasteiger partial charge in [0, 0.05) is 36.2 Å². The van der Waals surface area contributed by atoms with Crippen LogP contribution in [0, 0.1) is 0 Å². The van der Waals surface area contributed by atoms with Crippen LogP contribution in [0.2, 0.25) is 5.02 Å². The van der Waals surface area contributed by atoms with Gasteiger partial charge in [0.15, 0.2) is 0 Å². The Hall–Kier alpha value is -1.47. The Balaban J connectivity index is 1.70. The van der Waals surface area contributed by atoms with E-state index in [1.807, 2.05) is 0 Å². The molecule has 1 aromatic rings. The minimum atomic E-state index is -4.42. The molecule has 1 heterocycles. The molecule has 8 heteroatoms. The number of aliphatic hydroxyl groups excluding tert-OH is 1. The number of benzene rings is 1. The number of rotatable bonds is 5. The van der Waals surface area contributed by atoms with Crippen molar-refractivity contribution >= 4 is 17.6 Å². The monoisotopic (exact) mass is 390 g/mol. The van der Waals surface area contributed by atoms with Gasteiger partial charge >= 0.3 is 12.2 Å². The molecule has 3 rings (SSSR count). The zero-order chi connectivity index (χ0) is 18.9. The van der Waals surface area contributed by atoms with E-state index in [0.717, 1.165) is 25.0 Å². The lowest BCUT2D eigenvalue weighted by Gasteiger charge is -2.26. The van der Waals surface area contributed by atoms with E-state index >= 15 is 0 Å². The van der Waals surface area contributed by atoms with Gasteiger partial charge in [0.05, 0.1) is 5.56 Å². The molecule has 0 spiro atoms. The molecule has 1 saturated carbocycles. The quantitative estimate of drug-likeness (QED) is 0.800. The largest absolute Gasteiger partial charge is 0.416 e. The van der Waals surface area contributed by atoms with Gasteiger partial charge in [0.1, 0.15) is 0 Å². The highest BCUT2D eigenvalue weighted by Gasteiger charge is 2.47. The molecule has 4 nitrogen and oxygen atoms in total. The van der Waals surface area contributed by atoms with Crippen LogP contribution in [0.3, 0.4) is 0 Å². The number of urea groups is 1. The number of alkyl halides is 3. The lowest BCUT2D eigenvalue weighted by atomic mass is 9.94. The number of nitrogens with zero attached hydrogens (tertiary/aromatic N) is 1. The van der Waals surface area contributed by atoms with Crippen molar-refractivity contribution in [3.05, 3.63) is 34.3 Å². The zero-order valence-electron chi connectivity index (χ0n) is 14.3. The predicted molar refractivity (Wildman–Crippen MR) is 92.2 cm³/mol. The first-order valence-electron chi connectivity index (χ1n) is 8.79. The Morgan fingerprint density at radius 3 is 2.73 bits per heavy atom. The summed E-state index contributed by atoms with van der Waals surface area (Å²) in [6.07, 6.45) is -0.756. The Morgan fingerprint density at radius 1 is 1.38 bits per heavy atom. The van der Waals surface area contributed by atoms with E-state index < -0.39 is 17.2 Å². The Morgan fingerprint density at radius 2 is 2.12 bits per heavy atom. The molecule has 2 fully saturated rings. The summed E-state index contributed by atoms with van der Waals surface area (Å²) in [6, 6.07) is 3.15. The second-order valence-corrected chi connectivity index (χ2v) is 7.54.